The van der Waals surface area contributed by atoms with Crippen LogP contribution in [0.15, 0.2) is 24.3 Å². The van der Waals surface area contributed by atoms with Gasteiger partial charge in [-0.1, -0.05) is 12.1 Å². The summed E-state index contributed by atoms with van der Waals surface area (Å²) in [6.45, 7) is 2.76. The molecular formula is C14H21NO. The van der Waals surface area contributed by atoms with Crippen molar-refractivity contribution in [3.63, 3.8) is 0 Å². The fourth-order valence-corrected chi connectivity index (χ4v) is 2.48. The zero-order chi connectivity index (χ0) is 11.4. The second-order valence-electron chi connectivity index (χ2n) is 4.62. The molecule has 1 saturated carbocycles. The van der Waals surface area contributed by atoms with Gasteiger partial charge in [-0.25, -0.2) is 0 Å². The van der Waals surface area contributed by atoms with E-state index in [0.717, 1.165) is 25.2 Å². The van der Waals surface area contributed by atoms with Crippen molar-refractivity contribution in [2.24, 2.45) is 5.73 Å². The van der Waals surface area contributed by atoms with Crippen LogP contribution in [0.25, 0.3) is 0 Å². The molecule has 1 aromatic carbocycles. The van der Waals surface area contributed by atoms with Gasteiger partial charge in [-0.05, 0) is 56.2 Å². The van der Waals surface area contributed by atoms with Crippen LogP contribution in [0.1, 0.15) is 44.1 Å². The summed E-state index contributed by atoms with van der Waals surface area (Å²) in [6.07, 6.45) is 4.75. The molecule has 16 heavy (non-hydrogen) atoms. The molecular weight excluding hydrogens is 198 g/mol. The molecule has 0 radical (unpaired) electrons. The van der Waals surface area contributed by atoms with E-state index in [0.29, 0.717) is 12.0 Å². The lowest BCUT2D eigenvalue weighted by molar-refractivity contribution is 0.338. The number of benzene rings is 1. The van der Waals surface area contributed by atoms with Crippen molar-refractivity contribution in [3.8, 4) is 5.75 Å². The van der Waals surface area contributed by atoms with E-state index in [1.54, 1.807) is 0 Å². The minimum Gasteiger partial charge on any atom is -0.494 e. The first-order valence-corrected chi connectivity index (χ1v) is 6.28. The molecule has 0 spiro atoms. The van der Waals surface area contributed by atoms with Crippen molar-refractivity contribution in [1.29, 1.82) is 0 Å². The summed E-state index contributed by atoms with van der Waals surface area (Å²) in [5.74, 6) is 1.68. The third-order valence-corrected chi connectivity index (χ3v) is 3.41. The van der Waals surface area contributed by atoms with Crippen molar-refractivity contribution in [3.05, 3.63) is 29.8 Å². The van der Waals surface area contributed by atoms with Gasteiger partial charge in [0.25, 0.3) is 0 Å². The molecule has 0 amide bonds. The van der Waals surface area contributed by atoms with Crippen molar-refractivity contribution >= 4 is 0 Å². The van der Waals surface area contributed by atoms with Gasteiger partial charge >= 0.3 is 0 Å². The smallest absolute Gasteiger partial charge is 0.119 e. The van der Waals surface area contributed by atoms with E-state index in [1.807, 2.05) is 13.0 Å². The quantitative estimate of drug-likeness (QED) is 0.848. The highest BCUT2D eigenvalue weighted by molar-refractivity contribution is 5.31. The first kappa shape index (κ1) is 11.5. The molecule has 0 aliphatic heterocycles. The molecule has 0 bridgehead atoms. The van der Waals surface area contributed by atoms with Gasteiger partial charge in [0.2, 0.25) is 0 Å². The van der Waals surface area contributed by atoms with Crippen LogP contribution in [0, 0.1) is 0 Å². The van der Waals surface area contributed by atoms with Crippen molar-refractivity contribution in [1.82, 2.24) is 0 Å². The van der Waals surface area contributed by atoms with Crippen molar-refractivity contribution < 1.29 is 4.74 Å². The highest BCUT2D eigenvalue weighted by Gasteiger charge is 2.20. The largest absolute Gasteiger partial charge is 0.494 e. The molecule has 1 fully saturated rings. The molecule has 1 aliphatic rings. The van der Waals surface area contributed by atoms with Crippen molar-refractivity contribution in [2.45, 2.75) is 44.6 Å². The summed E-state index contributed by atoms with van der Waals surface area (Å²) < 4.78 is 5.53. The molecule has 0 heterocycles. The molecule has 2 N–H and O–H groups in total. The van der Waals surface area contributed by atoms with E-state index < -0.39 is 0 Å². The van der Waals surface area contributed by atoms with E-state index in [1.165, 1.54) is 18.4 Å². The summed E-state index contributed by atoms with van der Waals surface area (Å²) >= 11 is 0. The Morgan fingerprint density at radius 3 is 2.69 bits per heavy atom. The SMILES string of the molecule is CCOc1cccc(C2CCC(N)CC2)c1. The van der Waals surface area contributed by atoms with Crippen LogP contribution < -0.4 is 10.5 Å². The Bertz CT molecular complexity index is 329. The fraction of sp³-hybridized carbons (Fsp3) is 0.571. The van der Waals surface area contributed by atoms with Crippen LogP contribution in [-0.2, 0) is 0 Å². The lowest BCUT2D eigenvalue weighted by Crippen LogP contribution is -2.25. The lowest BCUT2D eigenvalue weighted by atomic mass is 9.82. The Morgan fingerprint density at radius 2 is 2.00 bits per heavy atom. The van der Waals surface area contributed by atoms with Crippen LogP contribution in [0.3, 0.4) is 0 Å². The molecule has 0 atom stereocenters. The Kier molecular flexibility index (Phi) is 3.83. The molecule has 2 heteroatoms. The monoisotopic (exact) mass is 219 g/mol. The third-order valence-electron chi connectivity index (χ3n) is 3.41. The maximum Gasteiger partial charge on any atom is 0.119 e. The Labute approximate surface area is 97.8 Å². The summed E-state index contributed by atoms with van der Waals surface area (Å²) in [6, 6.07) is 8.94. The average molecular weight is 219 g/mol. The summed E-state index contributed by atoms with van der Waals surface area (Å²) in [7, 11) is 0. The van der Waals surface area contributed by atoms with E-state index in [-0.39, 0.29) is 0 Å². The van der Waals surface area contributed by atoms with E-state index in [4.69, 9.17) is 10.5 Å². The standard InChI is InChI=1S/C14H21NO/c1-2-16-14-5-3-4-12(10-14)11-6-8-13(15)9-7-11/h3-5,10-11,13H,2,6-9,15H2,1H3. The lowest BCUT2D eigenvalue weighted by Gasteiger charge is -2.26. The van der Waals surface area contributed by atoms with Crippen LogP contribution >= 0.6 is 0 Å². The van der Waals surface area contributed by atoms with Gasteiger partial charge in [-0.3, -0.25) is 0 Å². The molecule has 0 unspecified atom stereocenters. The van der Waals surface area contributed by atoms with Crippen LogP contribution in [0.5, 0.6) is 5.75 Å². The van der Waals surface area contributed by atoms with Gasteiger partial charge in [0, 0.05) is 6.04 Å². The molecule has 0 aromatic heterocycles. The Morgan fingerprint density at radius 1 is 1.25 bits per heavy atom. The minimum atomic E-state index is 0.423. The first-order valence-electron chi connectivity index (χ1n) is 6.28. The fourth-order valence-electron chi connectivity index (χ4n) is 2.48. The minimum absolute atomic E-state index is 0.423. The van der Waals surface area contributed by atoms with E-state index in [9.17, 15) is 0 Å². The van der Waals surface area contributed by atoms with Gasteiger partial charge in [0.05, 0.1) is 6.61 Å². The topological polar surface area (TPSA) is 35.2 Å². The van der Waals surface area contributed by atoms with Gasteiger partial charge in [-0.15, -0.1) is 0 Å². The maximum atomic E-state index is 5.93. The second kappa shape index (κ2) is 5.35. The number of hydrogen-bond donors (Lipinski definition) is 1. The molecule has 88 valence electrons. The Balaban J connectivity index is 2.05. The van der Waals surface area contributed by atoms with E-state index >= 15 is 0 Å². The van der Waals surface area contributed by atoms with Crippen LogP contribution in [0.2, 0.25) is 0 Å². The summed E-state index contributed by atoms with van der Waals surface area (Å²) in [5, 5.41) is 0. The molecule has 1 aromatic rings. The number of ether oxygens (including phenoxy) is 1. The average Bonchev–Trinajstić information content (AvgIpc) is 2.31. The summed E-state index contributed by atoms with van der Waals surface area (Å²) in [5.41, 5.74) is 7.34. The second-order valence-corrected chi connectivity index (χ2v) is 4.62. The molecule has 0 saturated heterocycles. The van der Waals surface area contributed by atoms with Gasteiger partial charge in [-0.2, -0.15) is 0 Å². The number of hydrogen-bond acceptors (Lipinski definition) is 2. The zero-order valence-electron chi connectivity index (χ0n) is 9.99. The molecule has 2 nitrogen and oxygen atoms in total. The van der Waals surface area contributed by atoms with Gasteiger partial charge in [0.1, 0.15) is 5.75 Å². The number of rotatable bonds is 3. The van der Waals surface area contributed by atoms with Crippen LogP contribution in [0.4, 0.5) is 0 Å². The van der Waals surface area contributed by atoms with Gasteiger partial charge in [0.15, 0.2) is 0 Å². The predicted octanol–water partition coefficient (Wildman–Crippen LogP) is 3.07. The molecule has 1 aliphatic carbocycles. The highest BCUT2D eigenvalue weighted by Crippen LogP contribution is 2.33. The maximum absolute atomic E-state index is 5.93. The van der Waals surface area contributed by atoms with Crippen molar-refractivity contribution in [2.75, 3.05) is 6.61 Å². The number of nitrogens with two attached hydrogens (primary N) is 1. The predicted molar refractivity (Wildman–Crippen MR) is 66.8 cm³/mol. The van der Waals surface area contributed by atoms with Gasteiger partial charge < -0.3 is 10.5 Å². The van der Waals surface area contributed by atoms with Crippen LogP contribution in [-0.4, -0.2) is 12.6 Å². The molecule has 2 rings (SSSR count). The normalized spacial score (nSPS) is 25.4. The Hall–Kier alpha value is -1.02. The first-order chi connectivity index (χ1) is 7.79. The third kappa shape index (κ3) is 2.76. The highest BCUT2D eigenvalue weighted by atomic mass is 16.5. The zero-order valence-corrected chi connectivity index (χ0v) is 9.99. The van der Waals surface area contributed by atoms with E-state index in [2.05, 4.69) is 18.2 Å². The summed E-state index contributed by atoms with van der Waals surface area (Å²) in [4.78, 5) is 0.